The number of unbranched alkanes of at least 4 members (excludes halogenated alkanes) is 1. The highest BCUT2D eigenvalue weighted by Gasteiger charge is 2.48. The molecular formula is C15H27NO. The van der Waals surface area contributed by atoms with Crippen LogP contribution in [-0.4, -0.2) is 11.9 Å². The van der Waals surface area contributed by atoms with Crippen LogP contribution < -0.4 is 5.32 Å². The van der Waals surface area contributed by atoms with E-state index in [4.69, 9.17) is 0 Å². The van der Waals surface area contributed by atoms with Crippen LogP contribution >= 0.6 is 0 Å². The van der Waals surface area contributed by atoms with Gasteiger partial charge in [-0.15, -0.1) is 0 Å². The Bertz CT molecular complexity index is 254. The second-order valence-corrected chi connectivity index (χ2v) is 6.06. The van der Waals surface area contributed by atoms with Gasteiger partial charge in [-0.1, -0.05) is 33.1 Å². The highest BCUT2D eigenvalue weighted by molar-refractivity contribution is 5.79. The Morgan fingerprint density at radius 3 is 2.41 bits per heavy atom. The summed E-state index contributed by atoms with van der Waals surface area (Å²) in [4.78, 5) is 12.1. The maximum atomic E-state index is 12.1. The number of carbonyl (C=O) groups is 1. The number of hydrogen-bond donors (Lipinski definition) is 1. The fourth-order valence-electron chi connectivity index (χ4n) is 3.34. The first-order valence-electron chi connectivity index (χ1n) is 7.55. The normalized spacial score (nSPS) is 32.0. The number of hydrogen-bond acceptors (Lipinski definition) is 1. The molecule has 98 valence electrons. The summed E-state index contributed by atoms with van der Waals surface area (Å²) in [5.41, 5.74) is 0. The standard InChI is InChI=1S/C15H27NO/c1-3-5-7-14(6-4-2)16-15(17)13-9-11-8-12(11)10-13/h11-14H,3-10H2,1-2H3,(H,16,17). The lowest BCUT2D eigenvalue weighted by Crippen LogP contribution is -2.38. The van der Waals surface area contributed by atoms with Gasteiger partial charge in [0.2, 0.25) is 5.91 Å². The first kappa shape index (κ1) is 12.9. The highest BCUT2D eigenvalue weighted by atomic mass is 16.1. The molecule has 1 amide bonds. The van der Waals surface area contributed by atoms with Crippen molar-refractivity contribution in [3.8, 4) is 0 Å². The second kappa shape index (κ2) is 5.88. The van der Waals surface area contributed by atoms with Crippen molar-refractivity contribution in [2.24, 2.45) is 17.8 Å². The Morgan fingerprint density at radius 2 is 1.82 bits per heavy atom. The van der Waals surface area contributed by atoms with Crippen LogP contribution in [0.3, 0.4) is 0 Å². The van der Waals surface area contributed by atoms with Gasteiger partial charge in [0.05, 0.1) is 0 Å². The number of rotatable bonds is 7. The van der Waals surface area contributed by atoms with Crippen LogP contribution in [0.15, 0.2) is 0 Å². The molecule has 3 atom stereocenters. The molecule has 17 heavy (non-hydrogen) atoms. The smallest absolute Gasteiger partial charge is 0.223 e. The van der Waals surface area contributed by atoms with Crippen LogP contribution in [0, 0.1) is 17.8 Å². The van der Waals surface area contributed by atoms with Crippen LogP contribution in [0.1, 0.15) is 65.2 Å². The molecular weight excluding hydrogens is 210 g/mol. The lowest BCUT2D eigenvalue weighted by molar-refractivity contribution is -0.125. The van der Waals surface area contributed by atoms with E-state index in [0.717, 1.165) is 24.7 Å². The molecule has 0 heterocycles. The molecule has 1 N–H and O–H groups in total. The first-order chi connectivity index (χ1) is 8.24. The van der Waals surface area contributed by atoms with E-state index in [1.54, 1.807) is 0 Å². The van der Waals surface area contributed by atoms with Crippen molar-refractivity contribution < 1.29 is 4.79 Å². The Hall–Kier alpha value is -0.530. The van der Waals surface area contributed by atoms with Crippen molar-refractivity contribution in [3.05, 3.63) is 0 Å². The molecule has 2 nitrogen and oxygen atoms in total. The Balaban J connectivity index is 1.73. The second-order valence-electron chi connectivity index (χ2n) is 6.06. The molecule has 0 aromatic heterocycles. The van der Waals surface area contributed by atoms with E-state index in [2.05, 4.69) is 19.2 Å². The molecule has 0 spiro atoms. The number of amides is 1. The zero-order valence-electron chi connectivity index (χ0n) is 11.4. The maximum absolute atomic E-state index is 12.1. The number of nitrogens with one attached hydrogen (secondary N) is 1. The van der Waals surface area contributed by atoms with Crippen molar-refractivity contribution in [3.63, 3.8) is 0 Å². The summed E-state index contributed by atoms with van der Waals surface area (Å²) >= 11 is 0. The van der Waals surface area contributed by atoms with Crippen molar-refractivity contribution in [2.75, 3.05) is 0 Å². The Morgan fingerprint density at radius 1 is 1.12 bits per heavy atom. The van der Waals surface area contributed by atoms with Crippen LogP contribution in [0.5, 0.6) is 0 Å². The van der Waals surface area contributed by atoms with Gasteiger partial charge in [-0.05, 0) is 43.9 Å². The largest absolute Gasteiger partial charge is 0.353 e. The maximum Gasteiger partial charge on any atom is 0.223 e. The van der Waals surface area contributed by atoms with Gasteiger partial charge in [-0.25, -0.2) is 0 Å². The van der Waals surface area contributed by atoms with E-state index in [1.165, 1.54) is 38.5 Å². The third kappa shape index (κ3) is 3.46. The molecule has 3 unspecified atom stereocenters. The predicted octanol–water partition coefficient (Wildman–Crippen LogP) is 3.51. The van der Waals surface area contributed by atoms with Gasteiger partial charge in [0.25, 0.3) is 0 Å². The summed E-state index contributed by atoms with van der Waals surface area (Å²) in [6.45, 7) is 4.42. The topological polar surface area (TPSA) is 29.1 Å². The zero-order chi connectivity index (χ0) is 12.3. The van der Waals surface area contributed by atoms with Crippen molar-refractivity contribution >= 4 is 5.91 Å². The zero-order valence-corrected chi connectivity index (χ0v) is 11.4. The SMILES string of the molecule is CCCCC(CCC)NC(=O)C1CC2CC2C1. The summed E-state index contributed by atoms with van der Waals surface area (Å²) in [6, 6.07) is 0.435. The van der Waals surface area contributed by atoms with Gasteiger partial charge in [-0.3, -0.25) is 4.79 Å². The fourth-order valence-corrected chi connectivity index (χ4v) is 3.34. The van der Waals surface area contributed by atoms with E-state index in [1.807, 2.05) is 0 Å². The molecule has 0 aliphatic heterocycles. The summed E-state index contributed by atoms with van der Waals surface area (Å²) in [6.07, 6.45) is 9.68. The summed E-state index contributed by atoms with van der Waals surface area (Å²) in [7, 11) is 0. The van der Waals surface area contributed by atoms with Crippen LogP contribution in [0.25, 0.3) is 0 Å². The predicted molar refractivity (Wildman–Crippen MR) is 70.7 cm³/mol. The first-order valence-corrected chi connectivity index (χ1v) is 7.55. The average Bonchev–Trinajstić information content (AvgIpc) is 2.93. The monoisotopic (exact) mass is 237 g/mol. The molecule has 2 saturated carbocycles. The lowest BCUT2D eigenvalue weighted by Gasteiger charge is -2.21. The summed E-state index contributed by atoms with van der Waals surface area (Å²) in [5, 5.41) is 3.30. The van der Waals surface area contributed by atoms with E-state index < -0.39 is 0 Å². The van der Waals surface area contributed by atoms with Gasteiger partial charge >= 0.3 is 0 Å². The minimum absolute atomic E-state index is 0.347. The molecule has 2 fully saturated rings. The molecule has 2 rings (SSSR count). The van der Waals surface area contributed by atoms with Gasteiger partial charge in [0, 0.05) is 12.0 Å². The molecule has 2 aliphatic carbocycles. The highest BCUT2D eigenvalue weighted by Crippen LogP contribution is 2.54. The van der Waals surface area contributed by atoms with E-state index in [0.29, 0.717) is 17.9 Å². The third-order valence-electron chi connectivity index (χ3n) is 4.50. The molecule has 2 heteroatoms. The summed E-state index contributed by atoms with van der Waals surface area (Å²) < 4.78 is 0. The molecule has 2 aliphatic rings. The number of carbonyl (C=O) groups excluding carboxylic acids is 1. The van der Waals surface area contributed by atoms with Gasteiger partial charge < -0.3 is 5.32 Å². The van der Waals surface area contributed by atoms with Crippen LogP contribution in [0.4, 0.5) is 0 Å². The molecule has 0 aromatic carbocycles. The molecule has 0 bridgehead atoms. The molecule has 0 saturated heterocycles. The lowest BCUT2D eigenvalue weighted by atomic mass is 10.00. The summed E-state index contributed by atoms with van der Waals surface area (Å²) in [5.74, 6) is 2.52. The average molecular weight is 237 g/mol. The van der Waals surface area contributed by atoms with Crippen molar-refractivity contribution in [1.29, 1.82) is 0 Å². The minimum Gasteiger partial charge on any atom is -0.353 e. The number of fused-ring (bicyclic) bond motifs is 1. The van der Waals surface area contributed by atoms with Crippen molar-refractivity contribution in [1.82, 2.24) is 5.32 Å². The van der Waals surface area contributed by atoms with Crippen LogP contribution in [0.2, 0.25) is 0 Å². The van der Waals surface area contributed by atoms with Crippen molar-refractivity contribution in [2.45, 2.75) is 71.3 Å². The van der Waals surface area contributed by atoms with E-state index >= 15 is 0 Å². The van der Waals surface area contributed by atoms with Crippen LogP contribution in [-0.2, 0) is 4.79 Å². The minimum atomic E-state index is 0.347. The Kier molecular flexibility index (Phi) is 4.47. The Labute approximate surface area is 106 Å². The molecule has 0 aromatic rings. The van der Waals surface area contributed by atoms with Gasteiger partial charge in [-0.2, -0.15) is 0 Å². The van der Waals surface area contributed by atoms with Gasteiger partial charge in [0.1, 0.15) is 0 Å². The van der Waals surface area contributed by atoms with E-state index in [-0.39, 0.29) is 0 Å². The fraction of sp³-hybridized carbons (Fsp3) is 0.933. The quantitative estimate of drug-likeness (QED) is 0.721. The van der Waals surface area contributed by atoms with E-state index in [9.17, 15) is 4.79 Å². The molecule has 0 radical (unpaired) electrons. The van der Waals surface area contributed by atoms with Gasteiger partial charge in [0.15, 0.2) is 0 Å². The third-order valence-corrected chi connectivity index (χ3v) is 4.50.